The lowest BCUT2D eigenvalue weighted by Crippen LogP contribution is -2.29. The molecule has 0 aliphatic carbocycles. The zero-order valence-electron chi connectivity index (χ0n) is 17.1. The molecule has 9 nitrogen and oxygen atoms in total. The molecular weight excluding hydrogens is 408 g/mol. The van der Waals surface area contributed by atoms with E-state index in [0.717, 1.165) is 23.1 Å². The number of benzene rings is 1. The zero-order valence-corrected chi connectivity index (χ0v) is 17.1. The fraction of sp³-hybridized carbons (Fsp3) is 0.174. The summed E-state index contributed by atoms with van der Waals surface area (Å²) in [6, 6.07) is 9.58. The van der Waals surface area contributed by atoms with E-state index in [1.807, 2.05) is 30.3 Å². The Balaban J connectivity index is 1.38. The number of carbonyl (C=O) groups is 1. The number of pyridine rings is 1. The molecule has 5 rings (SSSR count). The average molecular weight is 428 g/mol. The fourth-order valence-corrected chi connectivity index (χ4v) is 3.67. The minimum absolute atomic E-state index is 0.0879. The Morgan fingerprint density at radius 2 is 2.19 bits per heavy atom. The van der Waals surface area contributed by atoms with Gasteiger partial charge in [0.25, 0.3) is 0 Å². The SMILES string of the molecule is C=CC(=O)N1CCC(Oc2cc3c(Nc4cccc(-c5cnco5)c4)ncnc3cn2)C1. The van der Waals surface area contributed by atoms with Crippen molar-refractivity contribution in [1.29, 1.82) is 0 Å². The third-order valence-corrected chi connectivity index (χ3v) is 5.26. The summed E-state index contributed by atoms with van der Waals surface area (Å²) in [6.45, 7) is 4.69. The van der Waals surface area contributed by atoms with Gasteiger partial charge in [-0.25, -0.2) is 19.9 Å². The van der Waals surface area contributed by atoms with Crippen LogP contribution in [0.2, 0.25) is 0 Å². The third-order valence-electron chi connectivity index (χ3n) is 5.26. The van der Waals surface area contributed by atoms with Crippen LogP contribution in [0.1, 0.15) is 6.42 Å². The number of ether oxygens (including phenoxy) is 1. The molecule has 32 heavy (non-hydrogen) atoms. The summed E-state index contributed by atoms with van der Waals surface area (Å²) in [5.41, 5.74) is 2.43. The lowest BCUT2D eigenvalue weighted by atomic mass is 10.1. The number of nitrogens with one attached hydrogen (secondary N) is 1. The topological polar surface area (TPSA) is 106 Å². The van der Waals surface area contributed by atoms with Crippen molar-refractivity contribution in [3.05, 3.63) is 68.1 Å². The number of hydrogen-bond acceptors (Lipinski definition) is 8. The number of oxazole rings is 1. The van der Waals surface area contributed by atoms with Gasteiger partial charge in [0.1, 0.15) is 18.2 Å². The molecule has 1 N–H and O–H groups in total. The van der Waals surface area contributed by atoms with Crippen molar-refractivity contribution in [3.63, 3.8) is 0 Å². The van der Waals surface area contributed by atoms with Gasteiger partial charge in [-0.15, -0.1) is 0 Å². The first-order valence-corrected chi connectivity index (χ1v) is 10.1. The van der Waals surface area contributed by atoms with Gasteiger partial charge in [-0.05, 0) is 18.2 Å². The van der Waals surface area contributed by atoms with Crippen LogP contribution in [0, 0.1) is 0 Å². The highest BCUT2D eigenvalue weighted by molar-refractivity contribution is 5.91. The Hall–Kier alpha value is -4.27. The molecule has 1 aromatic carbocycles. The first-order valence-electron chi connectivity index (χ1n) is 10.1. The van der Waals surface area contributed by atoms with E-state index < -0.39 is 0 Å². The second-order valence-electron chi connectivity index (χ2n) is 7.35. The Morgan fingerprint density at radius 3 is 3.03 bits per heavy atom. The van der Waals surface area contributed by atoms with Gasteiger partial charge in [0.2, 0.25) is 11.8 Å². The molecule has 1 saturated heterocycles. The van der Waals surface area contributed by atoms with Crippen molar-refractivity contribution < 1.29 is 13.9 Å². The molecule has 1 atom stereocenters. The van der Waals surface area contributed by atoms with E-state index in [0.29, 0.717) is 36.1 Å². The Labute approximate surface area is 183 Å². The summed E-state index contributed by atoms with van der Waals surface area (Å²) in [5, 5.41) is 4.12. The van der Waals surface area contributed by atoms with E-state index in [1.165, 1.54) is 18.8 Å². The Kier molecular flexibility index (Phi) is 5.20. The van der Waals surface area contributed by atoms with Crippen LogP contribution in [0.3, 0.4) is 0 Å². The van der Waals surface area contributed by atoms with Crippen molar-refractivity contribution in [1.82, 2.24) is 24.8 Å². The van der Waals surface area contributed by atoms with Crippen LogP contribution in [0.5, 0.6) is 5.88 Å². The first kappa shape index (κ1) is 19.7. The number of carbonyl (C=O) groups excluding carboxylic acids is 1. The summed E-state index contributed by atoms with van der Waals surface area (Å²) in [5.74, 6) is 1.69. The van der Waals surface area contributed by atoms with Gasteiger partial charge in [0, 0.05) is 35.7 Å². The largest absolute Gasteiger partial charge is 0.472 e. The molecule has 1 aliphatic heterocycles. The summed E-state index contributed by atoms with van der Waals surface area (Å²) in [7, 11) is 0. The van der Waals surface area contributed by atoms with Gasteiger partial charge < -0.3 is 19.4 Å². The first-order chi connectivity index (χ1) is 15.7. The molecule has 3 aromatic heterocycles. The van der Waals surface area contributed by atoms with Crippen LogP contribution in [-0.2, 0) is 4.79 Å². The molecule has 1 unspecified atom stereocenters. The number of amides is 1. The van der Waals surface area contributed by atoms with Crippen molar-refractivity contribution in [3.8, 4) is 17.2 Å². The maximum absolute atomic E-state index is 11.8. The molecule has 4 aromatic rings. The molecule has 0 saturated carbocycles. The number of anilines is 2. The van der Waals surface area contributed by atoms with Gasteiger partial charge in [0.15, 0.2) is 12.2 Å². The van der Waals surface area contributed by atoms with Crippen LogP contribution in [0.4, 0.5) is 11.5 Å². The van der Waals surface area contributed by atoms with E-state index in [9.17, 15) is 4.79 Å². The van der Waals surface area contributed by atoms with Crippen LogP contribution in [0.25, 0.3) is 22.2 Å². The van der Waals surface area contributed by atoms with E-state index in [2.05, 4.69) is 31.8 Å². The molecule has 9 heteroatoms. The highest BCUT2D eigenvalue weighted by atomic mass is 16.5. The Morgan fingerprint density at radius 1 is 1.25 bits per heavy atom. The number of aromatic nitrogens is 4. The number of likely N-dealkylation sites (tertiary alicyclic amines) is 1. The normalized spacial score (nSPS) is 15.6. The van der Waals surface area contributed by atoms with Crippen molar-refractivity contribution >= 4 is 28.3 Å². The molecule has 1 fully saturated rings. The monoisotopic (exact) mass is 428 g/mol. The number of nitrogens with zero attached hydrogens (tertiary/aromatic N) is 5. The number of fused-ring (bicyclic) bond motifs is 1. The minimum atomic E-state index is -0.122. The lowest BCUT2D eigenvalue weighted by Gasteiger charge is -2.15. The summed E-state index contributed by atoms with van der Waals surface area (Å²) >= 11 is 0. The van der Waals surface area contributed by atoms with E-state index in [1.54, 1.807) is 17.3 Å². The highest BCUT2D eigenvalue weighted by Crippen LogP contribution is 2.28. The molecule has 160 valence electrons. The van der Waals surface area contributed by atoms with Gasteiger partial charge in [0.05, 0.1) is 24.5 Å². The quantitative estimate of drug-likeness (QED) is 0.465. The van der Waals surface area contributed by atoms with Crippen LogP contribution in [-0.4, -0.2) is 49.9 Å². The van der Waals surface area contributed by atoms with Crippen LogP contribution >= 0.6 is 0 Å². The van der Waals surface area contributed by atoms with Crippen molar-refractivity contribution in [2.45, 2.75) is 12.5 Å². The van der Waals surface area contributed by atoms with Crippen LogP contribution < -0.4 is 10.1 Å². The standard InChI is InChI=1S/C23H20N6O3/c1-2-22(30)29-7-6-17(12-29)32-21-9-18-19(10-25-21)26-13-27-23(18)28-16-5-3-4-15(8-16)20-11-24-14-31-20/h2-5,8-11,13-14,17H,1,6-7,12H2,(H,26,27,28). The minimum Gasteiger partial charge on any atom is -0.472 e. The predicted octanol–water partition coefficient (Wildman–Crippen LogP) is 3.59. The second-order valence-corrected chi connectivity index (χ2v) is 7.35. The molecule has 0 spiro atoms. The fourth-order valence-electron chi connectivity index (χ4n) is 3.67. The van der Waals surface area contributed by atoms with E-state index in [-0.39, 0.29) is 12.0 Å². The maximum Gasteiger partial charge on any atom is 0.246 e. The van der Waals surface area contributed by atoms with Gasteiger partial charge in [-0.2, -0.15) is 0 Å². The average Bonchev–Trinajstić information content (AvgIpc) is 3.52. The number of rotatable bonds is 6. The summed E-state index contributed by atoms with van der Waals surface area (Å²) in [4.78, 5) is 30.6. The van der Waals surface area contributed by atoms with Gasteiger partial charge in [-0.1, -0.05) is 18.7 Å². The molecule has 4 heterocycles. The van der Waals surface area contributed by atoms with Crippen molar-refractivity contribution in [2.75, 3.05) is 18.4 Å². The summed E-state index contributed by atoms with van der Waals surface area (Å²) < 4.78 is 11.4. The molecule has 1 amide bonds. The maximum atomic E-state index is 11.8. The smallest absolute Gasteiger partial charge is 0.246 e. The van der Waals surface area contributed by atoms with Crippen molar-refractivity contribution in [2.24, 2.45) is 0 Å². The van der Waals surface area contributed by atoms with Gasteiger partial charge >= 0.3 is 0 Å². The summed E-state index contributed by atoms with van der Waals surface area (Å²) in [6.07, 6.45) is 8.16. The zero-order chi connectivity index (χ0) is 21.9. The highest BCUT2D eigenvalue weighted by Gasteiger charge is 2.26. The lowest BCUT2D eigenvalue weighted by molar-refractivity contribution is -0.125. The molecule has 0 bridgehead atoms. The van der Waals surface area contributed by atoms with E-state index >= 15 is 0 Å². The number of hydrogen-bond donors (Lipinski definition) is 1. The van der Waals surface area contributed by atoms with Gasteiger partial charge in [-0.3, -0.25) is 4.79 Å². The van der Waals surface area contributed by atoms with Crippen LogP contribution in [0.15, 0.2) is 72.5 Å². The molecule has 1 aliphatic rings. The second kappa shape index (κ2) is 8.46. The Bertz CT molecular complexity index is 1270. The van der Waals surface area contributed by atoms with E-state index in [4.69, 9.17) is 9.15 Å². The third kappa shape index (κ3) is 4.00. The molecule has 0 radical (unpaired) electrons. The predicted molar refractivity (Wildman–Crippen MR) is 118 cm³/mol. The molecular formula is C23H20N6O3.